The molecule has 0 saturated carbocycles. The molecule has 1 fully saturated rings. The standard InChI is InChI=1S/C10H16N2O3/c1-2-12-8(3-4-11-12)10(13)9-7-14-5-6-15-9/h3-4,9-10,13H,2,5-7H2,1H3. The minimum absolute atomic E-state index is 0.277. The zero-order valence-electron chi connectivity index (χ0n) is 8.80. The Balaban J connectivity index is 2.08. The maximum absolute atomic E-state index is 10.1. The maximum Gasteiger partial charge on any atom is 0.124 e. The van der Waals surface area contributed by atoms with Crippen LogP contribution in [0.5, 0.6) is 0 Å². The Morgan fingerprint density at radius 1 is 1.67 bits per heavy atom. The van der Waals surface area contributed by atoms with Crippen LogP contribution in [0.4, 0.5) is 0 Å². The summed E-state index contributed by atoms with van der Waals surface area (Å²) < 4.78 is 12.5. The second-order valence-electron chi connectivity index (χ2n) is 3.50. The number of rotatable bonds is 3. The van der Waals surface area contributed by atoms with Crippen LogP contribution < -0.4 is 0 Å². The second kappa shape index (κ2) is 4.74. The molecule has 0 radical (unpaired) electrons. The van der Waals surface area contributed by atoms with Crippen molar-refractivity contribution < 1.29 is 14.6 Å². The third kappa shape index (κ3) is 2.19. The van der Waals surface area contributed by atoms with Crippen LogP contribution in [0.25, 0.3) is 0 Å². The molecule has 5 nitrogen and oxygen atoms in total. The Kier molecular flexibility index (Phi) is 3.35. The Morgan fingerprint density at radius 3 is 3.20 bits per heavy atom. The molecular formula is C10H16N2O3. The van der Waals surface area contributed by atoms with Crippen LogP contribution in [0.1, 0.15) is 18.7 Å². The fraction of sp³-hybridized carbons (Fsp3) is 0.700. The number of ether oxygens (including phenoxy) is 2. The third-order valence-corrected chi connectivity index (χ3v) is 2.55. The topological polar surface area (TPSA) is 56.5 Å². The first-order valence-electron chi connectivity index (χ1n) is 5.22. The molecule has 2 heterocycles. The lowest BCUT2D eigenvalue weighted by atomic mass is 10.1. The van der Waals surface area contributed by atoms with Gasteiger partial charge in [0, 0.05) is 12.7 Å². The van der Waals surface area contributed by atoms with Gasteiger partial charge in [0.15, 0.2) is 0 Å². The van der Waals surface area contributed by atoms with Crippen molar-refractivity contribution in [3.05, 3.63) is 18.0 Å². The Hall–Kier alpha value is -0.910. The average Bonchev–Trinajstić information content (AvgIpc) is 2.77. The van der Waals surface area contributed by atoms with Gasteiger partial charge in [-0.05, 0) is 13.0 Å². The van der Waals surface area contributed by atoms with Gasteiger partial charge in [0.1, 0.15) is 12.2 Å². The van der Waals surface area contributed by atoms with Crippen LogP contribution in [0.2, 0.25) is 0 Å². The highest BCUT2D eigenvalue weighted by Gasteiger charge is 2.26. The summed E-state index contributed by atoms with van der Waals surface area (Å²) in [6.07, 6.45) is 0.750. The molecule has 0 aliphatic carbocycles. The smallest absolute Gasteiger partial charge is 0.124 e. The van der Waals surface area contributed by atoms with Crippen molar-refractivity contribution in [2.45, 2.75) is 25.7 Å². The van der Waals surface area contributed by atoms with Gasteiger partial charge >= 0.3 is 0 Å². The quantitative estimate of drug-likeness (QED) is 0.785. The first-order chi connectivity index (χ1) is 7.33. The lowest BCUT2D eigenvalue weighted by Gasteiger charge is -2.27. The molecule has 1 aromatic rings. The van der Waals surface area contributed by atoms with Gasteiger partial charge in [0.05, 0.1) is 25.5 Å². The normalized spacial score (nSPS) is 24.0. The fourth-order valence-electron chi connectivity index (χ4n) is 1.74. The number of hydrogen-bond donors (Lipinski definition) is 1. The van der Waals surface area contributed by atoms with Crippen molar-refractivity contribution in [1.82, 2.24) is 9.78 Å². The van der Waals surface area contributed by atoms with E-state index in [0.29, 0.717) is 19.8 Å². The summed E-state index contributed by atoms with van der Waals surface area (Å²) in [6.45, 7) is 4.32. The summed E-state index contributed by atoms with van der Waals surface area (Å²) in [6, 6.07) is 1.81. The molecule has 15 heavy (non-hydrogen) atoms. The predicted molar refractivity (Wildman–Crippen MR) is 53.4 cm³/mol. The fourth-order valence-corrected chi connectivity index (χ4v) is 1.74. The van der Waals surface area contributed by atoms with Crippen LogP contribution in [-0.2, 0) is 16.0 Å². The molecule has 0 bridgehead atoms. The molecule has 1 aliphatic heterocycles. The van der Waals surface area contributed by atoms with Crippen molar-refractivity contribution in [3.8, 4) is 0 Å². The largest absolute Gasteiger partial charge is 0.384 e. The number of hydrogen-bond acceptors (Lipinski definition) is 4. The molecule has 0 spiro atoms. The van der Waals surface area contributed by atoms with Crippen LogP contribution >= 0.6 is 0 Å². The monoisotopic (exact) mass is 212 g/mol. The molecule has 2 atom stereocenters. The lowest BCUT2D eigenvalue weighted by Crippen LogP contribution is -2.34. The molecule has 2 rings (SSSR count). The van der Waals surface area contributed by atoms with Crippen molar-refractivity contribution in [2.75, 3.05) is 19.8 Å². The summed E-state index contributed by atoms with van der Waals surface area (Å²) in [4.78, 5) is 0. The average molecular weight is 212 g/mol. The zero-order chi connectivity index (χ0) is 10.7. The summed E-state index contributed by atoms with van der Waals surface area (Å²) in [5, 5.41) is 14.2. The number of aryl methyl sites for hydroxylation is 1. The molecule has 0 aromatic carbocycles. The first kappa shape index (κ1) is 10.6. The Bertz CT molecular complexity index is 307. The van der Waals surface area contributed by atoms with E-state index in [9.17, 15) is 5.11 Å². The molecule has 1 N–H and O–H groups in total. The molecule has 5 heteroatoms. The molecule has 1 saturated heterocycles. The van der Waals surface area contributed by atoms with Crippen LogP contribution in [0, 0.1) is 0 Å². The molecule has 84 valence electrons. The van der Waals surface area contributed by atoms with E-state index in [0.717, 1.165) is 12.2 Å². The van der Waals surface area contributed by atoms with Gasteiger partial charge in [-0.25, -0.2) is 0 Å². The van der Waals surface area contributed by atoms with Crippen molar-refractivity contribution in [2.24, 2.45) is 0 Å². The SMILES string of the molecule is CCn1nccc1C(O)C1COCCO1. The molecular weight excluding hydrogens is 196 g/mol. The number of aliphatic hydroxyl groups excluding tert-OH is 1. The van der Waals surface area contributed by atoms with E-state index in [2.05, 4.69) is 5.10 Å². The van der Waals surface area contributed by atoms with Gasteiger partial charge in [-0.3, -0.25) is 4.68 Å². The van der Waals surface area contributed by atoms with Gasteiger partial charge in [0.25, 0.3) is 0 Å². The predicted octanol–water partition coefficient (Wildman–Crippen LogP) is 0.352. The van der Waals surface area contributed by atoms with Crippen molar-refractivity contribution >= 4 is 0 Å². The van der Waals surface area contributed by atoms with E-state index in [-0.39, 0.29) is 6.10 Å². The maximum atomic E-state index is 10.1. The summed E-state index contributed by atoms with van der Waals surface area (Å²) in [7, 11) is 0. The molecule has 1 aliphatic rings. The number of aliphatic hydroxyl groups is 1. The van der Waals surface area contributed by atoms with E-state index in [1.807, 2.05) is 13.0 Å². The van der Waals surface area contributed by atoms with Crippen LogP contribution in [0.3, 0.4) is 0 Å². The summed E-state index contributed by atoms with van der Waals surface area (Å²) in [5.41, 5.74) is 0.785. The Morgan fingerprint density at radius 2 is 2.53 bits per heavy atom. The van der Waals surface area contributed by atoms with E-state index >= 15 is 0 Å². The highest BCUT2D eigenvalue weighted by Crippen LogP contribution is 2.20. The van der Waals surface area contributed by atoms with Gasteiger partial charge < -0.3 is 14.6 Å². The molecule has 0 amide bonds. The van der Waals surface area contributed by atoms with Crippen molar-refractivity contribution in [3.63, 3.8) is 0 Å². The zero-order valence-corrected chi connectivity index (χ0v) is 8.80. The minimum Gasteiger partial charge on any atom is -0.384 e. The van der Waals surface area contributed by atoms with E-state index < -0.39 is 6.10 Å². The van der Waals surface area contributed by atoms with Gasteiger partial charge in [-0.15, -0.1) is 0 Å². The molecule has 1 aromatic heterocycles. The van der Waals surface area contributed by atoms with Crippen LogP contribution in [-0.4, -0.2) is 40.8 Å². The van der Waals surface area contributed by atoms with E-state index in [1.54, 1.807) is 10.9 Å². The Labute approximate surface area is 88.6 Å². The van der Waals surface area contributed by atoms with Gasteiger partial charge in [-0.2, -0.15) is 5.10 Å². The second-order valence-corrected chi connectivity index (χ2v) is 3.50. The first-order valence-corrected chi connectivity index (χ1v) is 5.22. The molecule has 2 unspecified atom stereocenters. The summed E-state index contributed by atoms with van der Waals surface area (Å²) >= 11 is 0. The van der Waals surface area contributed by atoms with Crippen molar-refractivity contribution in [1.29, 1.82) is 0 Å². The number of aromatic nitrogens is 2. The highest BCUT2D eigenvalue weighted by molar-refractivity contribution is 5.06. The van der Waals surface area contributed by atoms with E-state index in [1.165, 1.54) is 0 Å². The lowest BCUT2D eigenvalue weighted by molar-refractivity contribution is -0.135. The minimum atomic E-state index is -0.659. The van der Waals surface area contributed by atoms with E-state index in [4.69, 9.17) is 9.47 Å². The van der Waals surface area contributed by atoms with Gasteiger partial charge in [0.2, 0.25) is 0 Å². The summed E-state index contributed by atoms with van der Waals surface area (Å²) in [5.74, 6) is 0. The number of nitrogens with zero attached hydrogens (tertiary/aromatic N) is 2. The highest BCUT2D eigenvalue weighted by atomic mass is 16.6. The third-order valence-electron chi connectivity index (χ3n) is 2.55. The van der Waals surface area contributed by atoms with Gasteiger partial charge in [-0.1, -0.05) is 0 Å². The van der Waals surface area contributed by atoms with Crippen LogP contribution in [0.15, 0.2) is 12.3 Å².